The third kappa shape index (κ3) is 5.78. The van der Waals surface area contributed by atoms with Crippen molar-refractivity contribution in [3.63, 3.8) is 0 Å². The average Bonchev–Trinajstić information content (AvgIpc) is 2.89. The molecule has 1 aromatic carbocycles. The molecule has 114 valence electrons. The van der Waals surface area contributed by atoms with Crippen LogP contribution in [0.4, 0.5) is 0 Å². The van der Waals surface area contributed by atoms with Crippen LogP contribution in [0.5, 0.6) is 0 Å². The van der Waals surface area contributed by atoms with E-state index in [0.717, 1.165) is 24.3 Å². The van der Waals surface area contributed by atoms with Crippen LogP contribution in [-0.2, 0) is 24.1 Å². The second-order valence-corrected chi connectivity index (χ2v) is 5.98. The maximum absolute atomic E-state index is 11.2. The van der Waals surface area contributed by atoms with Crippen molar-refractivity contribution in [2.24, 2.45) is 5.73 Å². The lowest BCUT2D eigenvalue weighted by Crippen LogP contribution is -2.13. The molecule has 2 aromatic rings. The Balaban J connectivity index is 0.00000220. The highest BCUT2D eigenvalue weighted by Crippen LogP contribution is 2.13. The minimum absolute atomic E-state index is 0. The molecular weight excluding hydrogens is 280 g/mol. The van der Waals surface area contributed by atoms with Crippen molar-refractivity contribution in [2.75, 3.05) is 6.54 Å². The maximum Gasteiger partial charge on any atom is 0.146 e. The quantitative estimate of drug-likeness (QED) is 0.853. The number of nitrogens with zero attached hydrogens (tertiary/aromatic N) is 1. The zero-order chi connectivity index (χ0) is 14.4. The van der Waals surface area contributed by atoms with Gasteiger partial charge in [-0.3, -0.25) is 4.79 Å². The second-order valence-electron chi connectivity index (χ2n) is 4.92. The van der Waals surface area contributed by atoms with Crippen LogP contribution in [0.15, 0.2) is 29.6 Å². The largest absolute Gasteiger partial charge is 0.324 e. The van der Waals surface area contributed by atoms with Gasteiger partial charge in [0.25, 0.3) is 0 Å². The van der Waals surface area contributed by atoms with Gasteiger partial charge in [-0.1, -0.05) is 31.7 Å². The van der Waals surface area contributed by atoms with E-state index in [1.807, 2.05) is 6.92 Å². The van der Waals surface area contributed by atoms with Crippen molar-refractivity contribution < 1.29 is 4.79 Å². The van der Waals surface area contributed by atoms with Gasteiger partial charge in [0.15, 0.2) is 0 Å². The molecule has 0 unspecified atom stereocenters. The molecule has 0 spiro atoms. The molecule has 2 rings (SSSR count). The van der Waals surface area contributed by atoms with Gasteiger partial charge in [0.2, 0.25) is 0 Å². The highest BCUT2D eigenvalue weighted by atomic mass is 32.1. The molecule has 0 fully saturated rings. The number of thiazole rings is 1. The van der Waals surface area contributed by atoms with Gasteiger partial charge in [0.1, 0.15) is 5.78 Å². The van der Waals surface area contributed by atoms with E-state index in [-0.39, 0.29) is 19.8 Å². The van der Waals surface area contributed by atoms with Crippen LogP contribution >= 0.6 is 11.3 Å². The summed E-state index contributed by atoms with van der Waals surface area (Å²) in [6.07, 6.45) is 3.30. The molecule has 0 saturated heterocycles. The van der Waals surface area contributed by atoms with Gasteiger partial charge in [-0.05, 0) is 37.3 Å². The number of carbonyl (C=O) groups is 1. The second kappa shape index (κ2) is 8.70. The molecule has 0 amide bonds. The van der Waals surface area contributed by atoms with Crippen molar-refractivity contribution >= 4 is 17.1 Å². The lowest BCUT2D eigenvalue weighted by Gasteiger charge is -2.03. The van der Waals surface area contributed by atoms with Gasteiger partial charge in [-0.25, -0.2) is 4.98 Å². The summed E-state index contributed by atoms with van der Waals surface area (Å²) >= 11 is 1.70. The molecule has 21 heavy (non-hydrogen) atoms. The van der Waals surface area contributed by atoms with Crippen molar-refractivity contribution in [1.82, 2.24) is 4.98 Å². The summed E-state index contributed by atoms with van der Waals surface area (Å²) in [6, 6.07) is 8.49. The molecule has 0 saturated carbocycles. The van der Waals surface area contributed by atoms with Gasteiger partial charge >= 0.3 is 0 Å². The van der Waals surface area contributed by atoms with Crippen LogP contribution in [0.3, 0.4) is 0 Å². The van der Waals surface area contributed by atoms with Crippen molar-refractivity contribution in [3.05, 3.63) is 51.5 Å². The van der Waals surface area contributed by atoms with E-state index >= 15 is 0 Å². The summed E-state index contributed by atoms with van der Waals surface area (Å²) in [6.45, 7) is 2.18. The van der Waals surface area contributed by atoms with E-state index in [4.69, 9.17) is 5.73 Å². The Labute approximate surface area is 131 Å². The first-order chi connectivity index (χ1) is 9.67. The van der Waals surface area contributed by atoms with Crippen LogP contribution < -0.4 is 5.73 Å². The third-order valence-electron chi connectivity index (χ3n) is 3.28. The van der Waals surface area contributed by atoms with Crippen molar-refractivity contribution in [3.8, 4) is 0 Å². The highest BCUT2D eigenvalue weighted by molar-refractivity contribution is 7.09. The number of rotatable bonds is 7. The molecule has 0 radical (unpaired) electrons. The SMILES string of the molecule is C.Cc1nc(CCc2ccc(CCC(=O)CN)cc2)cs1. The van der Waals surface area contributed by atoms with E-state index in [1.165, 1.54) is 16.8 Å². The highest BCUT2D eigenvalue weighted by Gasteiger charge is 2.02. The Morgan fingerprint density at radius 2 is 1.76 bits per heavy atom. The Hall–Kier alpha value is -1.52. The van der Waals surface area contributed by atoms with Crippen molar-refractivity contribution in [1.29, 1.82) is 0 Å². The fourth-order valence-electron chi connectivity index (χ4n) is 2.05. The van der Waals surface area contributed by atoms with Crippen LogP contribution in [0.25, 0.3) is 0 Å². The molecule has 0 atom stereocenters. The molecule has 4 heteroatoms. The summed E-state index contributed by atoms with van der Waals surface area (Å²) < 4.78 is 0. The van der Waals surface area contributed by atoms with Gasteiger partial charge in [0, 0.05) is 11.8 Å². The number of hydrogen-bond donors (Lipinski definition) is 1. The number of benzene rings is 1. The van der Waals surface area contributed by atoms with Crippen LogP contribution in [0, 0.1) is 6.92 Å². The average molecular weight is 304 g/mol. The standard InChI is InChI=1S/C16H20N2OS.CH4/c1-12-18-15(11-20-12)8-6-13-2-4-14(5-3-13)7-9-16(19)10-17;/h2-5,11H,6-10,17H2,1H3;1H4. The van der Waals surface area contributed by atoms with E-state index in [9.17, 15) is 4.79 Å². The zero-order valence-electron chi connectivity index (χ0n) is 11.8. The molecule has 1 heterocycles. The Morgan fingerprint density at radius 1 is 1.14 bits per heavy atom. The number of hydrogen-bond acceptors (Lipinski definition) is 4. The maximum atomic E-state index is 11.2. The minimum Gasteiger partial charge on any atom is -0.324 e. The normalized spacial score (nSPS) is 10.2. The monoisotopic (exact) mass is 304 g/mol. The molecule has 2 N–H and O–H groups in total. The molecule has 0 aliphatic heterocycles. The van der Waals surface area contributed by atoms with E-state index < -0.39 is 0 Å². The minimum atomic E-state index is 0. The zero-order valence-corrected chi connectivity index (χ0v) is 12.6. The fourth-order valence-corrected chi connectivity index (χ4v) is 2.70. The lowest BCUT2D eigenvalue weighted by molar-refractivity contribution is -0.117. The van der Waals surface area contributed by atoms with E-state index in [0.29, 0.717) is 6.42 Å². The first-order valence-corrected chi connectivity index (χ1v) is 7.76. The summed E-state index contributed by atoms with van der Waals surface area (Å²) in [5.41, 5.74) is 8.98. The molecule has 3 nitrogen and oxygen atoms in total. The summed E-state index contributed by atoms with van der Waals surface area (Å²) in [5, 5.41) is 3.25. The first kappa shape index (κ1) is 17.5. The lowest BCUT2D eigenvalue weighted by atomic mass is 10.0. The number of aromatic nitrogens is 1. The molecular formula is C17H24N2OS. The van der Waals surface area contributed by atoms with Crippen LogP contribution in [0.2, 0.25) is 0 Å². The first-order valence-electron chi connectivity index (χ1n) is 6.88. The predicted octanol–water partition coefficient (Wildman–Crippen LogP) is 3.33. The summed E-state index contributed by atoms with van der Waals surface area (Å²) in [7, 11) is 0. The van der Waals surface area contributed by atoms with Crippen LogP contribution in [0.1, 0.15) is 35.7 Å². The number of ketones is 1. The Morgan fingerprint density at radius 3 is 2.29 bits per heavy atom. The molecule has 0 aliphatic carbocycles. The van der Waals surface area contributed by atoms with Crippen LogP contribution in [-0.4, -0.2) is 17.3 Å². The van der Waals surface area contributed by atoms with Gasteiger partial charge in [-0.15, -0.1) is 11.3 Å². The van der Waals surface area contributed by atoms with E-state index in [1.54, 1.807) is 11.3 Å². The van der Waals surface area contributed by atoms with Gasteiger partial charge in [-0.2, -0.15) is 0 Å². The number of nitrogens with two attached hydrogens (primary N) is 1. The summed E-state index contributed by atoms with van der Waals surface area (Å²) in [5.74, 6) is 0.118. The molecule has 0 aliphatic rings. The summed E-state index contributed by atoms with van der Waals surface area (Å²) in [4.78, 5) is 15.7. The molecule has 0 bridgehead atoms. The topological polar surface area (TPSA) is 56.0 Å². The van der Waals surface area contributed by atoms with Crippen molar-refractivity contribution in [2.45, 2.75) is 40.0 Å². The smallest absolute Gasteiger partial charge is 0.146 e. The number of Topliss-reactive ketones (excluding diaryl/α,β-unsaturated/α-hetero) is 1. The number of carbonyl (C=O) groups excluding carboxylic acids is 1. The number of aryl methyl sites for hydroxylation is 4. The Bertz CT molecular complexity index is 560. The Kier molecular flexibility index (Phi) is 7.26. The van der Waals surface area contributed by atoms with E-state index in [2.05, 4.69) is 34.6 Å². The molecule has 1 aromatic heterocycles. The van der Waals surface area contributed by atoms with Gasteiger partial charge < -0.3 is 5.73 Å². The predicted molar refractivity (Wildman–Crippen MR) is 89.8 cm³/mol. The van der Waals surface area contributed by atoms with Gasteiger partial charge in [0.05, 0.1) is 17.2 Å². The fraction of sp³-hybridized carbons (Fsp3) is 0.412. The third-order valence-corrected chi connectivity index (χ3v) is 4.10.